The van der Waals surface area contributed by atoms with E-state index in [2.05, 4.69) is 31.9 Å². The highest BCUT2D eigenvalue weighted by Gasteiger charge is 2.07. The molecule has 2 aromatic rings. The first kappa shape index (κ1) is 17.4. The molecule has 0 aliphatic heterocycles. The van der Waals surface area contributed by atoms with Crippen LogP contribution in [0.2, 0.25) is 0 Å². The van der Waals surface area contributed by atoms with Gasteiger partial charge in [0.2, 0.25) is 0 Å². The molecule has 0 saturated carbocycles. The molecule has 108 valence electrons. The smallest absolute Gasteiger partial charge is 0.151 e. The number of nitrogen functional groups attached to an aromatic ring is 1. The van der Waals surface area contributed by atoms with E-state index < -0.39 is 0 Å². The number of benzene rings is 2. The summed E-state index contributed by atoms with van der Waals surface area (Å²) in [5.74, 6) is 1.29. The monoisotopic (exact) mass is 418 g/mol. The molecular weight excluding hydrogens is 404 g/mol. The second kappa shape index (κ2) is 8.56. The van der Waals surface area contributed by atoms with E-state index in [0.717, 1.165) is 25.8 Å². The molecule has 3 nitrogen and oxygen atoms in total. The molecule has 0 aliphatic carbocycles. The summed E-state index contributed by atoms with van der Waals surface area (Å²) in [5, 5.41) is 5.52. The van der Waals surface area contributed by atoms with Gasteiger partial charge < -0.3 is 10.5 Å². The van der Waals surface area contributed by atoms with Gasteiger partial charge >= 0.3 is 0 Å². The number of halogens is 2. The first-order valence-corrected chi connectivity index (χ1v) is 8.46. The van der Waals surface area contributed by atoms with Gasteiger partial charge in [0, 0.05) is 9.37 Å². The van der Waals surface area contributed by atoms with Crippen molar-refractivity contribution in [2.75, 3.05) is 5.73 Å². The van der Waals surface area contributed by atoms with Crippen molar-refractivity contribution in [2.45, 2.75) is 18.7 Å². The topological polar surface area (TPSA) is 61.3 Å². The lowest BCUT2D eigenvalue weighted by Crippen LogP contribution is -1.93. The summed E-state index contributed by atoms with van der Waals surface area (Å²) in [7, 11) is 0. The Balaban J connectivity index is 0.000000956. The summed E-state index contributed by atoms with van der Waals surface area (Å²) in [6.45, 7) is 4.00. The maximum Gasteiger partial charge on any atom is 0.151 e. The molecule has 0 saturated heterocycles. The molecule has 20 heavy (non-hydrogen) atoms. The molecule has 2 aromatic carbocycles. The third-order valence-electron chi connectivity index (χ3n) is 2.23. The van der Waals surface area contributed by atoms with Crippen LogP contribution in [0.5, 0.6) is 11.5 Å². The molecule has 0 aliphatic rings. The lowest BCUT2D eigenvalue weighted by molar-refractivity contribution is 0.480. The van der Waals surface area contributed by atoms with Crippen molar-refractivity contribution < 1.29 is 4.74 Å². The first-order valence-electron chi connectivity index (χ1n) is 5.99. The fourth-order valence-electron chi connectivity index (χ4n) is 1.35. The van der Waals surface area contributed by atoms with Crippen molar-refractivity contribution in [1.82, 2.24) is 0 Å². The van der Waals surface area contributed by atoms with Gasteiger partial charge in [0.15, 0.2) is 5.75 Å². The maximum atomic E-state index is 5.87. The van der Waals surface area contributed by atoms with Gasteiger partial charge in [0.1, 0.15) is 5.75 Å². The largest absolute Gasteiger partial charge is 0.454 e. The molecule has 0 unspecified atom stereocenters. The third-order valence-corrected chi connectivity index (χ3v) is 3.87. The van der Waals surface area contributed by atoms with Crippen LogP contribution in [0.4, 0.5) is 5.69 Å². The molecule has 4 N–H and O–H groups in total. The second-order valence-corrected chi connectivity index (χ2v) is 5.97. The molecule has 2 rings (SSSR count). The predicted octanol–water partition coefficient (Wildman–Crippen LogP) is 5.58. The molecule has 0 spiro atoms. The van der Waals surface area contributed by atoms with E-state index >= 15 is 0 Å². The lowest BCUT2D eigenvalue weighted by atomic mass is 10.3. The molecule has 0 radical (unpaired) electrons. The number of rotatable bonds is 3. The first-order chi connectivity index (χ1) is 9.60. The Kier molecular flexibility index (Phi) is 7.43. The molecule has 0 fully saturated rings. The van der Waals surface area contributed by atoms with Gasteiger partial charge in [0.05, 0.1) is 10.2 Å². The molecule has 0 bridgehead atoms. The summed E-state index contributed by atoms with van der Waals surface area (Å²) in [5.41, 5.74) is 6.44. The van der Waals surface area contributed by atoms with E-state index in [9.17, 15) is 0 Å². The van der Waals surface area contributed by atoms with E-state index in [0.29, 0.717) is 17.2 Å². The lowest BCUT2D eigenvalue weighted by Gasteiger charge is -2.11. The summed E-state index contributed by atoms with van der Waals surface area (Å²) < 4.78 is 7.60. The van der Waals surface area contributed by atoms with Gasteiger partial charge in [-0.05, 0) is 64.3 Å². The van der Waals surface area contributed by atoms with Crippen LogP contribution >= 0.6 is 43.8 Å². The summed E-state index contributed by atoms with van der Waals surface area (Å²) in [4.78, 5) is 0.896. The SMILES string of the molecule is CC.NSc1ccc(N)c(Oc2ccc(Br)cc2Br)c1. The highest BCUT2D eigenvalue weighted by Crippen LogP contribution is 2.35. The number of hydrogen-bond donors (Lipinski definition) is 2. The number of nitrogens with two attached hydrogens (primary N) is 2. The zero-order valence-corrected chi connectivity index (χ0v) is 15.2. The van der Waals surface area contributed by atoms with Crippen molar-refractivity contribution in [3.05, 3.63) is 45.3 Å². The molecule has 0 aromatic heterocycles. The van der Waals surface area contributed by atoms with Crippen molar-refractivity contribution in [3.8, 4) is 11.5 Å². The van der Waals surface area contributed by atoms with E-state index in [1.165, 1.54) is 0 Å². The third kappa shape index (κ3) is 4.70. The van der Waals surface area contributed by atoms with Gasteiger partial charge in [-0.2, -0.15) is 0 Å². The summed E-state index contributed by atoms with van der Waals surface area (Å²) in [6, 6.07) is 11.1. The van der Waals surface area contributed by atoms with Gasteiger partial charge in [-0.3, -0.25) is 5.14 Å². The minimum absolute atomic E-state index is 0.572. The summed E-state index contributed by atoms with van der Waals surface area (Å²) >= 11 is 7.98. The quantitative estimate of drug-likeness (QED) is 0.503. The average molecular weight is 420 g/mol. The van der Waals surface area contributed by atoms with Crippen molar-refractivity contribution in [2.24, 2.45) is 5.14 Å². The van der Waals surface area contributed by atoms with Gasteiger partial charge in [0.25, 0.3) is 0 Å². The Hall–Kier alpha value is -0.690. The zero-order chi connectivity index (χ0) is 15.1. The highest BCUT2D eigenvalue weighted by atomic mass is 79.9. The van der Waals surface area contributed by atoms with Crippen molar-refractivity contribution in [3.63, 3.8) is 0 Å². The van der Waals surface area contributed by atoms with E-state index in [-0.39, 0.29) is 0 Å². The van der Waals surface area contributed by atoms with Crippen molar-refractivity contribution in [1.29, 1.82) is 0 Å². The Morgan fingerprint density at radius 2 is 1.70 bits per heavy atom. The van der Waals surface area contributed by atoms with Gasteiger partial charge in [-0.1, -0.05) is 29.8 Å². The van der Waals surface area contributed by atoms with Gasteiger partial charge in [-0.25, -0.2) is 0 Å². The number of hydrogen-bond acceptors (Lipinski definition) is 4. The van der Waals surface area contributed by atoms with E-state index in [1.807, 2.05) is 44.2 Å². The van der Waals surface area contributed by atoms with Crippen LogP contribution in [-0.2, 0) is 0 Å². The molecule has 0 heterocycles. The Labute approximate surface area is 140 Å². The molecule has 6 heteroatoms. The maximum absolute atomic E-state index is 5.87. The van der Waals surface area contributed by atoms with Crippen LogP contribution in [-0.4, -0.2) is 0 Å². The highest BCUT2D eigenvalue weighted by molar-refractivity contribution is 9.11. The minimum Gasteiger partial charge on any atom is -0.454 e. The summed E-state index contributed by atoms with van der Waals surface area (Å²) in [6.07, 6.45) is 0. The molecule has 0 amide bonds. The van der Waals surface area contributed by atoms with Gasteiger partial charge in [-0.15, -0.1) is 0 Å². The fourth-order valence-corrected chi connectivity index (χ4v) is 2.80. The zero-order valence-electron chi connectivity index (χ0n) is 11.2. The van der Waals surface area contributed by atoms with Crippen LogP contribution < -0.4 is 15.6 Å². The van der Waals surface area contributed by atoms with Crippen LogP contribution in [0, 0.1) is 0 Å². The Morgan fingerprint density at radius 3 is 2.30 bits per heavy atom. The van der Waals surface area contributed by atoms with Crippen LogP contribution in [0.3, 0.4) is 0 Å². The molecular formula is C14H16Br2N2OS. The average Bonchev–Trinajstić information content (AvgIpc) is 2.46. The molecule has 0 atom stereocenters. The van der Waals surface area contributed by atoms with E-state index in [1.54, 1.807) is 6.07 Å². The van der Waals surface area contributed by atoms with Crippen LogP contribution in [0.15, 0.2) is 50.2 Å². The minimum atomic E-state index is 0.572. The normalized spacial score (nSPS) is 9.65. The predicted molar refractivity (Wildman–Crippen MR) is 94.2 cm³/mol. The Morgan fingerprint density at radius 1 is 1.00 bits per heavy atom. The standard InChI is InChI=1S/C12H10Br2N2OS.C2H6/c13-7-1-4-11(9(14)5-7)17-12-6-8(18-16)2-3-10(12)15;1-2/h1-6H,15-16H2;1-2H3. The number of anilines is 1. The van der Waals surface area contributed by atoms with E-state index in [4.69, 9.17) is 15.6 Å². The fraction of sp³-hybridized carbons (Fsp3) is 0.143. The van der Waals surface area contributed by atoms with Crippen LogP contribution in [0.1, 0.15) is 13.8 Å². The Bertz CT molecular complexity index is 579. The number of ether oxygens (including phenoxy) is 1. The van der Waals surface area contributed by atoms with Crippen molar-refractivity contribution >= 4 is 49.5 Å². The second-order valence-electron chi connectivity index (χ2n) is 3.49. The van der Waals surface area contributed by atoms with Crippen LogP contribution in [0.25, 0.3) is 0 Å².